The molecular weight excluding hydrogens is 256 g/mol. The Morgan fingerprint density at radius 2 is 2.30 bits per heavy atom. The predicted molar refractivity (Wildman–Crippen MR) is 72.7 cm³/mol. The quantitative estimate of drug-likeness (QED) is 0.910. The summed E-state index contributed by atoms with van der Waals surface area (Å²) in [5.41, 5.74) is 1.33. The molecule has 1 N–H and O–H groups in total. The molecular formula is C15H14N2O3. The van der Waals surface area contributed by atoms with E-state index in [4.69, 9.17) is 4.42 Å². The van der Waals surface area contributed by atoms with Crippen molar-refractivity contribution >= 4 is 17.4 Å². The van der Waals surface area contributed by atoms with Crippen LogP contribution in [0.3, 0.4) is 0 Å². The normalized spacial score (nSPS) is 17.6. The van der Waals surface area contributed by atoms with E-state index in [2.05, 4.69) is 10.3 Å². The number of hydrogen-bond donors (Lipinski definition) is 1. The fraction of sp³-hybridized carbons (Fsp3) is 0.267. The lowest BCUT2D eigenvalue weighted by atomic mass is 9.87. The molecule has 0 radical (unpaired) electrons. The number of rotatable bonds is 2. The van der Waals surface area contributed by atoms with Gasteiger partial charge >= 0.3 is 0 Å². The number of carbonyl (C=O) groups excluding carboxylic acids is 2. The summed E-state index contributed by atoms with van der Waals surface area (Å²) in [6, 6.07) is 3.47. The summed E-state index contributed by atoms with van der Waals surface area (Å²) < 4.78 is 5.39. The van der Waals surface area contributed by atoms with Crippen LogP contribution in [-0.2, 0) is 6.42 Å². The molecule has 1 aliphatic rings. The molecule has 0 bridgehead atoms. The van der Waals surface area contributed by atoms with Gasteiger partial charge in [-0.2, -0.15) is 0 Å². The number of furan rings is 1. The number of fused-ring (bicyclic) bond motifs is 1. The summed E-state index contributed by atoms with van der Waals surface area (Å²) >= 11 is 0. The van der Waals surface area contributed by atoms with Crippen LogP contribution in [0, 0.1) is 5.92 Å². The minimum absolute atomic E-state index is 0.0242. The van der Waals surface area contributed by atoms with Crippen molar-refractivity contribution in [3.63, 3.8) is 0 Å². The Morgan fingerprint density at radius 3 is 3.05 bits per heavy atom. The number of nitrogens with zero attached hydrogens (tertiary/aromatic N) is 1. The van der Waals surface area contributed by atoms with Crippen molar-refractivity contribution in [1.29, 1.82) is 0 Å². The highest BCUT2D eigenvalue weighted by molar-refractivity contribution is 6.13. The molecule has 0 spiro atoms. The van der Waals surface area contributed by atoms with Gasteiger partial charge in [-0.1, -0.05) is 6.92 Å². The van der Waals surface area contributed by atoms with E-state index in [9.17, 15) is 9.59 Å². The van der Waals surface area contributed by atoms with Crippen molar-refractivity contribution in [1.82, 2.24) is 4.98 Å². The van der Waals surface area contributed by atoms with Crippen LogP contribution in [0.15, 0.2) is 35.2 Å². The monoisotopic (exact) mass is 270 g/mol. The molecule has 2 heterocycles. The molecule has 5 nitrogen and oxygen atoms in total. The van der Waals surface area contributed by atoms with Crippen LogP contribution in [0.1, 0.15) is 39.8 Å². The SMILES string of the molecule is CC1CC(=O)c2c(C(=O)Nc3cccnc3)coc2C1. The average molecular weight is 270 g/mol. The number of nitrogens with one attached hydrogen (secondary N) is 1. The van der Waals surface area contributed by atoms with Crippen LogP contribution in [0.2, 0.25) is 0 Å². The minimum atomic E-state index is -0.342. The Kier molecular flexibility index (Phi) is 3.10. The molecule has 0 saturated carbocycles. The molecule has 102 valence electrons. The molecule has 0 saturated heterocycles. The van der Waals surface area contributed by atoms with Gasteiger partial charge in [0.2, 0.25) is 0 Å². The lowest BCUT2D eigenvalue weighted by Crippen LogP contribution is -2.21. The second kappa shape index (κ2) is 4.92. The van der Waals surface area contributed by atoms with E-state index in [-0.39, 0.29) is 17.6 Å². The number of hydrogen-bond acceptors (Lipinski definition) is 4. The first kappa shape index (κ1) is 12.6. The van der Waals surface area contributed by atoms with Gasteiger partial charge in [-0.3, -0.25) is 14.6 Å². The van der Waals surface area contributed by atoms with Crippen molar-refractivity contribution in [2.45, 2.75) is 19.8 Å². The molecule has 1 atom stereocenters. The van der Waals surface area contributed by atoms with Gasteiger partial charge in [0.1, 0.15) is 12.0 Å². The van der Waals surface area contributed by atoms with Crippen molar-refractivity contribution in [3.05, 3.63) is 47.7 Å². The summed E-state index contributed by atoms with van der Waals surface area (Å²) in [7, 11) is 0. The topological polar surface area (TPSA) is 72.2 Å². The second-order valence-electron chi connectivity index (χ2n) is 5.08. The van der Waals surface area contributed by atoms with Crippen LogP contribution in [0.4, 0.5) is 5.69 Å². The number of ketones is 1. The predicted octanol–water partition coefficient (Wildman–Crippen LogP) is 2.69. The van der Waals surface area contributed by atoms with E-state index in [1.807, 2.05) is 6.92 Å². The third-order valence-corrected chi connectivity index (χ3v) is 3.38. The van der Waals surface area contributed by atoms with E-state index in [1.54, 1.807) is 24.5 Å². The summed E-state index contributed by atoms with van der Waals surface area (Å²) in [5.74, 6) is 0.509. The van der Waals surface area contributed by atoms with E-state index in [1.165, 1.54) is 6.26 Å². The van der Waals surface area contributed by atoms with Gasteiger partial charge in [0.15, 0.2) is 5.78 Å². The molecule has 1 amide bonds. The van der Waals surface area contributed by atoms with Crippen LogP contribution in [0.25, 0.3) is 0 Å². The van der Waals surface area contributed by atoms with Gasteiger partial charge < -0.3 is 9.73 Å². The van der Waals surface area contributed by atoms with Crippen molar-refractivity contribution in [2.75, 3.05) is 5.32 Å². The Morgan fingerprint density at radius 1 is 1.45 bits per heavy atom. The highest BCUT2D eigenvalue weighted by Crippen LogP contribution is 2.29. The summed E-state index contributed by atoms with van der Waals surface area (Å²) in [4.78, 5) is 28.2. The van der Waals surface area contributed by atoms with Crippen LogP contribution < -0.4 is 5.32 Å². The maximum absolute atomic E-state index is 12.2. The Balaban J connectivity index is 1.88. The third kappa shape index (κ3) is 2.22. The van der Waals surface area contributed by atoms with Gasteiger partial charge in [0.25, 0.3) is 5.91 Å². The zero-order valence-electron chi connectivity index (χ0n) is 11.1. The molecule has 1 unspecified atom stereocenters. The van der Waals surface area contributed by atoms with Crippen molar-refractivity contribution < 1.29 is 14.0 Å². The smallest absolute Gasteiger partial charge is 0.259 e. The number of carbonyl (C=O) groups is 2. The highest BCUT2D eigenvalue weighted by Gasteiger charge is 2.30. The van der Waals surface area contributed by atoms with Crippen LogP contribution >= 0.6 is 0 Å². The zero-order valence-corrected chi connectivity index (χ0v) is 11.1. The molecule has 0 aromatic carbocycles. The molecule has 2 aromatic heterocycles. The number of aromatic nitrogens is 1. The van der Waals surface area contributed by atoms with E-state index in [0.717, 1.165) is 0 Å². The Labute approximate surface area is 116 Å². The summed E-state index contributed by atoms with van der Waals surface area (Å²) in [6.07, 6.45) is 5.70. The Bertz CT molecular complexity index is 661. The number of Topliss-reactive ketones (excluding diaryl/α,β-unsaturated/α-hetero) is 1. The van der Waals surface area contributed by atoms with Gasteiger partial charge in [-0.15, -0.1) is 0 Å². The van der Waals surface area contributed by atoms with Gasteiger partial charge in [-0.25, -0.2) is 0 Å². The molecule has 5 heteroatoms. The number of pyridine rings is 1. The maximum Gasteiger partial charge on any atom is 0.259 e. The van der Waals surface area contributed by atoms with Gasteiger partial charge in [0, 0.05) is 19.0 Å². The van der Waals surface area contributed by atoms with Gasteiger partial charge in [-0.05, 0) is 18.1 Å². The van der Waals surface area contributed by atoms with Crippen LogP contribution in [0.5, 0.6) is 0 Å². The largest absolute Gasteiger partial charge is 0.468 e. The van der Waals surface area contributed by atoms with E-state index >= 15 is 0 Å². The molecule has 1 aliphatic carbocycles. The van der Waals surface area contributed by atoms with Gasteiger partial charge in [0.05, 0.1) is 23.0 Å². The lowest BCUT2D eigenvalue weighted by Gasteiger charge is -2.16. The first-order valence-electron chi connectivity index (χ1n) is 6.50. The van der Waals surface area contributed by atoms with E-state index in [0.29, 0.717) is 35.4 Å². The molecule has 2 aromatic rings. The summed E-state index contributed by atoms with van der Waals surface area (Å²) in [6.45, 7) is 2.00. The summed E-state index contributed by atoms with van der Waals surface area (Å²) in [5, 5.41) is 2.71. The van der Waals surface area contributed by atoms with E-state index < -0.39 is 0 Å². The minimum Gasteiger partial charge on any atom is -0.468 e. The van der Waals surface area contributed by atoms with Crippen molar-refractivity contribution in [3.8, 4) is 0 Å². The lowest BCUT2D eigenvalue weighted by molar-refractivity contribution is 0.0937. The molecule has 20 heavy (non-hydrogen) atoms. The first-order valence-corrected chi connectivity index (χ1v) is 6.50. The molecule has 0 fully saturated rings. The van der Waals surface area contributed by atoms with Crippen molar-refractivity contribution in [2.24, 2.45) is 5.92 Å². The average Bonchev–Trinajstić information content (AvgIpc) is 2.84. The first-order chi connectivity index (χ1) is 9.65. The molecule has 0 aliphatic heterocycles. The fourth-order valence-corrected chi connectivity index (χ4v) is 2.46. The highest BCUT2D eigenvalue weighted by atomic mass is 16.3. The number of anilines is 1. The number of amides is 1. The molecule has 3 rings (SSSR count). The standard InChI is InChI=1S/C15H14N2O3/c1-9-5-12(18)14-11(8-20-13(14)6-9)15(19)17-10-3-2-4-16-7-10/h2-4,7-9H,5-6H2,1H3,(H,17,19). The second-order valence-corrected chi connectivity index (χ2v) is 5.08. The third-order valence-electron chi connectivity index (χ3n) is 3.38. The Hall–Kier alpha value is -2.43. The zero-order chi connectivity index (χ0) is 14.1. The maximum atomic E-state index is 12.2. The fourth-order valence-electron chi connectivity index (χ4n) is 2.46. The van der Waals surface area contributed by atoms with Crippen LogP contribution in [-0.4, -0.2) is 16.7 Å².